The predicted octanol–water partition coefficient (Wildman–Crippen LogP) is 3.48. The fourth-order valence-corrected chi connectivity index (χ4v) is 5.10. The van der Waals surface area contributed by atoms with Crippen molar-refractivity contribution in [3.63, 3.8) is 0 Å². The number of guanidine groups is 1. The van der Waals surface area contributed by atoms with Crippen LogP contribution in [-0.4, -0.2) is 70.0 Å². The molecule has 32 heavy (non-hydrogen) atoms. The fourth-order valence-electron chi connectivity index (χ4n) is 4.53. The molecule has 0 aromatic carbocycles. The maximum absolute atomic E-state index is 12.2. The largest absolute Gasteiger partial charge is 0.357 e. The van der Waals surface area contributed by atoms with Crippen molar-refractivity contribution in [3.8, 4) is 0 Å². The summed E-state index contributed by atoms with van der Waals surface area (Å²) >= 11 is 1.69. The molecule has 1 amide bonds. The van der Waals surface area contributed by atoms with Crippen molar-refractivity contribution in [2.75, 3.05) is 32.4 Å². The number of aryl methyl sites for hydroxylation is 1. The molecule has 3 rings (SSSR count). The van der Waals surface area contributed by atoms with E-state index in [0.29, 0.717) is 6.04 Å². The van der Waals surface area contributed by atoms with Crippen molar-refractivity contribution in [2.45, 2.75) is 83.0 Å². The number of hydrogen-bond donors (Lipinski definition) is 2. The Morgan fingerprint density at radius 1 is 1.25 bits per heavy atom. The van der Waals surface area contributed by atoms with Crippen molar-refractivity contribution < 1.29 is 4.79 Å². The summed E-state index contributed by atoms with van der Waals surface area (Å²) in [5.74, 6) is 2.23. The Kier molecular flexibility index (Phi) is 11.6. The fraction of sp³-hybridized carbons (Fsp3) is 0.818. The molecule has 182 valence electrons. The highest BCUT2D eigenvalue weighted by atomic mass is 127. The molecule has 1 aliphatic carbocycles. The van der Waals surface area contributed by atoms with E-state index in [9.17, 15) is 4.79 Å². The SMILES string of the molecule is CCNC(=NCCCc1nnc(SC)n1C1CCCC1)NC1CCN(C(=O)C(C)C)C1.I. The molecule has 10 heteroatoms. The first kappa shape index (κ1) is 27.2. The molecular formula is C22H40IN7OS. The second-order valence-corrected chi connectivity index (χ2v) is 9.62. The summed E-state index contributed by atoms with van der Waals surface area (Å²) in [6, 6.07) is 0.823. The zero-order chi connectivity index (χ0) is 22.2. The van der Waals surface area contributed by atoms with Crippen LogP contribution in [0.5, 0.6) is 0 Å². The molecule has 1 saturated carbocycles. The van der Waals surface area contributed by atoms with E-state index < -0.39 is 0 Å². The summed E-state index contributed by atoms with van der Waals surface area (Å²) < 4.78 is 2.38. The van der Waals surface area contributed by atoms with E-state index in [2.05, 4.69) is 38.6 Å². The van der Waals surface area contributed by atoms with Gasteiger partial charge in [-0.25, -0.2) is 0 Å². The molecule has 1 aliphatic heterocycles. The Hall–Kier alpha value is -1.04. The summed E-state index contributed by atoms with van der Waals surface area (Å²) in [4.78, 5) is 19.0. The van der Waals surface area contributed by atoms with Crippen molar-refractivity contribution in [1.29, 1.82) is 0 Å². The monoisotopic (exact) mass is 577 g/mol. The number of aromatic nitrogens is 3. The van der Waals surface area contributed by atoms with Gasteiger partial charge in [0.1, 0.15) is 5.82 Å². The summed E-state index contributed by atoms with van der Waals surface area (Å²) in [7, 11) is 0. The van der Waals surface area contributed by atoms with Gasteiger partial charge in [0.05, 0.1) is 0 Å². The number of likely N-dealkylation sites (tertiary alicyclic amines) is 1. The van der Waals surface area contributed by atoms with E-state index in [1.54, 1.807) is 11.8 Å². The lowest BCUT2D eigenvalue weighted by Gasteiger charge is -2.20. The molecule has 2 N–H and O–H groups in total. The Bertz CT molecular complexity index is 749. The van der Waals surface area contributed by atoms with Crippen LogP contribution in [0.4, 0.5) is 0 Å². The Labute approximate surface area is 214 Å². The molecule has 1 saturated heterocycles. The van der Waals surface area contributed by atoms with Gasteiger partial charge in [-0.05, 0) is 38.9 Å². The summed E-state index contributed by atoms with van der Waals surface area (Å²) in [6.07, 6.45) is 9.97. The zero-order valence-corrected chi connectivity index (χ0v) is 23.1. The normalized spacial score (nSPS) is 19.5. The van der Waals surface area contributed by atoms with Crippen LogP contribution in [0.3, 0.4) is 0 Å². The van der Waals surface area contributed by atoms with Gasteiger partial charge in [-0.1, -0.05) is 38.5 Å². The van der Waals surface area contributed by atoms with Crippen LogP contribution in [0.25, 0.3) is 0 Å². The highest BCUT2D eigenvalue weighted by Crippen LogP contribution is 2.33. The van der Waals surface area contributed by atoms with Crippen LogP contribution < -0.4 is 10.6 Å². The molecule has 1 aromatic heterocycles. The van der Waals surface area contributed by atoms with E-state index in [1.807, 2.05) is 18.7 Å². The number of carbonyl (C=O) groups is 1. The van der Waals surface area contributed by atoms with Crippen LogP contribution in [0.15, 0.2) is 10.1 Å². The molecular weight excluding hydrogens is 537 g/mol. The van der Waals surface area contributed by atoms with Crippen LogP contribution in [0, 0.1) is 5.92 Å². The standard InChI is InChI=1S/C22H39N7OS.HI/c1-5-23-21(25-17-12-14-28(15-17)20(30)16(2)3)24-13-8-11-19-26-27-22(31-4)29(19)18-9-6-7-10-18;/h16-18H,5-15H2,1-4H3,(H2,23,24,25);1H. The molecule has 0 spiro atoms. The highest BCUT2D eigenvalue weighted by molar-refractivity contribution is 14.0. The number of carbonyl (C=O) groups excluding carboxylic acids is 1. The van der Waals surface area contributed by atoms with E-state index in [4.69, 9.17) is 4.99 Å². The van der Waals surface area contributed by atoms with Crippen LogP contribution in [0.2, 0.25) is 0 Å². The lowest BCUT2D eigenvalue weighted by Crippen LogP contribution is -2.45. The predicted molar refractivity (Wildman–Crippen MR) is 142 cm³/mol. The summed E-state index contributed by atoms with van der Waals surface area (Å²) in [5, 5.41) is 16.8. The molecule has 0 radical (unpaired) electrons. The van der Waals surface area contributed by atoms with Crippen molar-refractivity contribution >= 4 is 47.6 Å². The topological polar surface area (TPSA) is 87.4 Å². The number of nitrogens with one attached hydrogen (secondary N) is 2. The number of thioether (sulfide) groups is 1. The van der Waals surface area contributed by atoms with Gasteiger partial charge in [-0.3, -0.25) is 9.79 Å². The van der Waals surface area contributed by atoms with Gasteiger partial charge < -0.3 is 20.1 Å². The first-order valence-corrected chi connectivity index (χ1v) is 13.1. The Balaban J connectivity index is 0.00000363. The molecule has 2 heterocycles. The molecule has 0 bridgehead atoms. The molecule has 1 aromatic rings. The molecule has 8 nitrogen and oxygen atoms in total. The third-order valence-corrected chi connectivity index (χ3v) is 6.76. The van der Waals surface area contributed by atoms with E-state index >= 15 is 0 Å². The Morgan fingerprint density at radius 3 is 2.66 bits per heavy atom. The van der Waals surface area contributed by atoms with Gasteiger partial charge in [-0.15, -0.1) is 34.2 Å². The second kappa shape index (κ2) is 13.6. The summed E-state index contributed by atoms with van der Waals surface area (Å²) in [5.41, 5.74) is 0. The highest BCUT2D eigenvalue weighted by Gasteiger charge is 2.28. The van der Waals surface area contributed by atoms with Crippen LogP contribution >= 0.6 is 35.7 Å². The van der Waals surface area contributed by atoms with Crippen LogP contribution in [-0.2, 0) is 11.2 Å². The second-order valence-electron chi connectivity index (χ2n) is 8.84. The quantitative estimate of drug-likeness (QED) is 0.154. The maximum atomic E-state index is 12.2. The number of amides is 1. The molecule has 2 fully saturated rings. The minimum Gasteiger partial charge on any atom is -0.357 e. The number of rotatable bonds is 9. The minimum atomic E-state index is 0. The van der Waals surface area contributed by atoms with Gasteiger partial charge in [0.15, 0.2) is 11.1 Å². The number of aliphatic imine (C=N–C) groups is 1. The summed E-state index contributed by atoms with van der Waals surface area (Å²) in [6.45, 7) is 9.14. The van der Waals surface area contributed by atoms with E-state index in [-0.39, 0.29) is 41.8 Å². The van der Waals surface area contributed by atoms with Gasteiger partial charge >= 0.3 is 0 Å². The first-order chi connectivity index (χ1) is 15.0. The third kappa shape index (κ3) is 7.23. The maximum Gasteiger partial charge on any atom is 0.225 e. The van der Waals surface area contributed by atoms with Crippen LogP contribution in [0.1, 0.15) is 71.2 Å². The average Bonchev–Trinajstić information content (AvgIpc) is 3.50. The first-order valence-electron chi connectivity index (χ1n) is 11.8. The number of halogens is 1. The third-order valence-electron chi connectivity index (χ3n) is 6.11. The van der Waals surface area contributed by atoms with Gasteiger partial charge in [-0.2, -0.15) is 0 Å². The van der Waals surface area contributed by atoms with Gasteiger partial charge in [0.2, 0.25) is 5.91 Å². The zero-order valence-electron chi connectivity index (χ0n) is 20.0. The van der Waals surface area contributed by atoms with Gasteiger partial charge in [0, 0.05) is 50.6 Å². The molecule has 2 aliphatic rings. The van der Waals surface area contributed by atoms with Crippen molar-refractivity contribution in [1.82, 2.24) is 30.3 Å². The van der Waals surface area contributed by atoms with Gasteiger partial charge in [0.25, 0.3) is 0 Å². The van der Waals surface area contributed by atoms with Crippen molar-refractivity contribution in [2.24, 2.45) is 10.9 Å². The van der Waals surface area contributed by atoms with Crippen molar-refractivity contribution in [3.05, 3.63) is 5.82 Å². The number of hydrogen-bond acceptors (Lipinski definition) is 5. The minimum absolute atomic E-state index is 0. The lowest BCUT2D eigenvalue weighted by atomic mass is 10.2. The molecule has 1 unspecified atom stereocenters. The van der Waals surface area contributed by atoms with E-state index in [0.717, 1.165) is 62.4 Å². The number of nitrogens with zero attached hydrogens (tertiary/aromatic N) is 5. The average molecular weight is 578 g/mol. The molecule has 1 atom stereocenters. The Morgan fingerprint density at radius 2 is 2.00 bits per heavy atom. The van der Waals surface area contributed by atoms with E-state index in [1.165, 1.54) is 25.7 Å². The lowest BCUT2D eigenvalue weighted by molar-refractivity contribution is -0.133. The smallest absolute Gasteiger partial charge is 0.225 e.